The summed E-state index contributed by atoms with van der Waals surface area (Å²) in [7, 11) is 3.78. The fourth-order valence-corrected chi connectivity index (χ4v) is 6.37. The zero-order chi connectivity index (χ0) is 23.7. The van der Waals surface area contributed by atoms with Crippen molar-refractivity contribution in [3.8, 4) is 0 Å². The normalized spacial score (nSPS) is 21.2. The molecule has 1 amide bonds. The summed E-state index contributed by atoms with van der Waals surface area (Å²) in [6.07, 6.45) is 4.86. The van der Waals surface area contributed by atoms with Gasteiger partial charge in [-0.25, -0.2) is 4.39 Å². The first-order valence-corrected chi connectivity index (χ1v) is 12.9. The first kappa shape index (κ1) is 24.3. The molecule has 7 heteroatoms. The molecule has 2 fully saturated rings. The van der Waals surface area contributed by atoms with Gasteiger partial charge in [0.05, 0.1) is 33.5 Å². The molecule has 1 N–H and O–H groups in total. The third kappa shape index (κ3) is 4.73. The van der Waals surface area contributed by atoms with E-state index in [1.807, 2.05) is 31.6 Å². The van der Waals surface area contributed by atoms with Crippen LogP contribution >= 0.6 is 11.3 Å². The van der Waals surface area contributed by atoms with Crippen LogP contribution in [0.25, 0.3) is 0 Å². The fraction of sp³-hybridized carbons (Fsp3) is 0.577. The van der Waals surface area contributed by atoms with Crippen LogP contribution in [0.15, 0.2) is 41.8 Å². The van der Waals surface area contributed by atoms with Crippen molar-refractivity contribution in [1.82, 2.24) is 4.90 Å². The zero-order valence-corrected chi connectivity index (χ0v) is 20.4. The number of nitrogens with zero attached hydrogens (tertiary/aromatic N) is 2. The van der Waals surface area contributed by atoms with E-state index in [0.717, 1.165) is 31.2 Å². The van der Waals surface area contributed by atoms with Crippen molar-refractivity contribution < 1.29 is 23.2 Å². The Morgan fingerprint density at radius 2 is 1.82 bits per heavy atom. The Kier molecular flexibility index (Phi) is 6.95. The maximum absolute atomic E-state index is 16.1. The quantitative estimate of drug-likeness (QED) is 0.457. The number of carbonyl (C=O) groups is 1. The zero-order valence-electron chi connectivity index (χ0n) is 19.6. The summed E-state index contributed by atoms with van der Waals surface area (Å²) in [5, 5.41) is 13.6. The second kappa shape index (κ2) is 9.43. The highest BCUT2D eigenvalue weighted by molar-refractivity contribution is 7.10. The van der Waals surface area contributed by atoms with Crippen LogP contribution in [-0.2, 0) is 16.8 Å². The number of benzene rings is 1. The van der Waals surface area contributed by atoms with Gasteiger partial charge in [0.1, 0.15) is 5.82 Å². The summed E-state index contributed by atoms with van der Waals surface area (Å²) in [6, 6.07) is 10.1. The summed E-state index contributed by atoms with van der Waals surface area (Å²) < 4.78 is 29.5. The number of likely N-dealkylation sites (N-methyl/N-ethyl adjacent to an activating group) is 1. The summed E-state index contributed by atoms with van der Waals surface area (Å²) in [4.78, 5) is 16.0. The van der Waals surface area contributed by atoms with Gasteiger partial charge in [-0.15, -0.1) is 11.3 Å². The summed E-state index contributed by atoms with van der Waals surface area (Å²) in [5.74, 6) is -2.07. The Bertz CT molecular complexity index is 934. The number of hydrogen-bond donors (Lipinski definition) is 1. The van der Waals surface area contributed by atoms with Gasteiger partial charge in [0.2, 0.25) is 5.79 Å². The predicted molar refractivity (Wildman–Crippen MR) is 127 cm³/mol. The van der Waals surface area contributed by atoms with Crippen molar-refractivity contribution in [1.29, 1.82) is 0 Å². The molecule has 4 rings (SSSR count). The predicted octanol–water partition coefficient (Wildman–Crippen LogP) is 4.87. The molecule has 2 heterocycles. The van der Waals surface area contributed by atoms with Crippen LogP contribution in [0, 0.1) is 11.7 Å². The first-order valence-electron chi connectivity index (χ1n) is 12.0. The van der Waals surface area contributed by atoms with E-state index in [1.54, 1.807) is 17.0 Å². The van der Waals surface area contributed by atoms with Gasteiger partial charge in [0.25, 0.3) is 5.91 Å². The van der Waals surface area contributed by atoms with Crippen LogP contribution < -0.4 is 0 Å². The second-order valence-electron chi connectivity index (χ2n) is 10.2. The molecule has 4 nitrogen and oxygen atoms in total. The SMILES string of the molecule is C[N+](C)(CCc1ccc(F)cc1)C1(F)CCN(C(=O)C(O)(c2cccs2)C2CCCC2)CC1. The van der Waals surface area contributed by atoms with E-state index in [2.05, 4.69) is 0 Å². The van der Waals surface area contributed by atoms with E-state index in [9.17, 15) is 14.3 Å². The average Bonchev–Trinajstić information content (AvgIpc) is 3.53. The van der Waals surface area contributed by atoms with Gasteiger partial charge in [0, 0.05) is 30.3 Å². The number of carbonyl (C=O) groups excluding carboxylic acids is 1. The summed E-state index contributed by atoms with van der Waals surface area (Å²) in [5.41, 5.74) is -0.523. The number of aliphatic hydroxyl groups is 1. The molecule has 33 heavy (non-hydrogen) atoms. The van der Waals surface area contributed by atoms with Gasteiger partial charge >= 0.3 is 0 Å². The van der Waals surface area contributed by atoms with Gasteiger partial charge in [-0.05, 0) is 42.0 Å². The molecular weight excluding hydrogens is 442 g/mol. The average molecular weight is 478 g/mol. The lowest BCUT2D eigenvalue weighted by molar-refractivity contribution is -0.960. The van der Waals surface area contributed by atoms with E-state index >= 15 is 4.39 Å². The number of quaternary nitrogens is 1. The molecule has 1 saturated heterocycles. The van der Waals surface area contributed by atoms with Gasteiger partial charge in [-0.1, -0.05) is 31.0 Å². The smallest absolute Gasteiger partial charge is 0.260 e. The van der Waals surface area contributed by atoms with Crippen LogP contribution in [-0.4, -0.2) is 59.9 Å². The Balaban J connectivity index is 1.43. The molecule has 1 saturated carbocycles. The van der Waals surface area contributed by atoms with Gasteiger partial charge in [0.15, 0.2) is 5.60 Å². The van der Waals surface area contributed by atoms with Crippen LogP contribution in [0.5, 0.6) is 0 Å². The minimum absolute atomic E-state index is 0.0800. The Morgan fingerprint density at radius 1 is 1.18 bits per heavy atom. The number of alkyl halides is 1. The van der Waals surface area contributed by atoms with Crippen molar-refractivity contribution in [2.24, 2.45) is 5.92 Å². The van der Waals surface area contributed by atoms with E-state index in [4.69, 9.17) is 0 Å². The first-order chi connectivity index (χ1) is 15.7. The van der Waals surface area contributed by atoms with Crippen molar-refractivity contribution in [3.05, 3.63) is 58.0 Å². The van der Waals surface area contributed by atoms with Gasteiger partial charge in [-0.3, -0.25) is 9.28 Å². The van der Waals surface area contributed by atoms with Crippen LogP contribution in [0.4, 0.5) is 8.78 Å². The number of thiophene rings is 1. The molecule has 0 radical (unpaired) electrons. The summed E-state index contributed by atoms with van der Waals surface area (Å²) >= 11 is 1.42. The highest BCUT2D eigenvalue weighted by Gasteiger charge is 2.53. The Hall–Kier alpha value is -1.83. The van der Waals surface area contributed by atoms with Crippen molar-refractivity contribution in [3.63, 3.8) is 0 Å². The largest absolute Gasteiger partial charge is 0.374 e. The topological polar surface area (TPSA) is 40.5 Å². The number of likely N-dealkylation sites (tertiary alicyclic amines) is 1. The highest BCUT2D eigenvalue weighted by Crippen LogP contribution is 2.44. The molecule has 1 atom stereocenters. The van der Waals surface area contributed by atoms with Crippen molar-refractivity contribution >= 4 is 17.2 Å². The molecule has 0 spiro atoms. The standard InChI is InChI=1S/C26H35F2N2O2S/c1-30(2,18-13-20-9-11-22(27)12-10-20)25(28)14-16-29(17-15-25)24(31)26(32,21-6-3-4-7-21)23-8-5-19-33-23/h5,8-12,19,21,32H,3-4,6-7,13-18H2,1-2H3/q+1. The minimum atomic E-state index is -1.51. The lowest BCUT2D eigenvalue weighted by atomic mass is 9.82. The second-order valence-corrected chi connectivity index (χ2v) is 11.2. The third-order valence-electron chi connectivity index (χ3n) is 7.94. The van der Waals surface area contributed by atoms with Crippen LogP contribution in [0.3, 0.4) is 0 Å². The number of piperidine rings is 1. The number of hydrogen-bond acceptors (Lipinski definition) is 3. The van der Waals surface area contributed by atoms with Gasteiger partial charge < -0.3 is 10.0 Å². The van der Waals surface area contributed by atoms with Crippen molar-refractivity contribution in [2.75, 3.05) is 33.7 Å². The van der Waals surface area contributed by atoms with E-state index < -0.39 is 11.4 Å². The number of halogens is 2. The Morgan fingerprint density at radius 3 is 2.39 bits per heavy atom. The maximum atomic E-state index is 16.1. The van der Waals surface area contributed by atoms with Crippen LogP contribution in [0.1, 0.15) is 49.0 Å². The molecule has 1 unspecified atom stereocenters. The molecule has 2 aliphatic rings. The Labute approximate surface area is 199 Å². The molecule has 1 aromatic heterocycles. The van der Waals surface area contributed by atoms with Crippen LogP contribution in [0.2, 0.25) is 0 Å². The van der Waals surface area contributed by atoms with Crippen molar-refractivity contribution in [2.45, 2.75) is 56.3 Å². The van der Waals surface area contributed by atoms with Gasteiger partial charge in [-0.2, -0.15) is 4.39 Å². The summed E-state index contributed by atoms with van der Waals surface area (Å²) in [6.45, 7) is 1.18. The lowest BCUT2D eigenvalue weighted by Crippen LogP contribution is -2.63. The van der Waals surface area contributed by atoms with E-state index in [-0.39, 0.29) is 35.0 Å². The molecule has 180 valence electrons. The highest BCUT2D eigenvalue weighted by atomic mass is 32.1. The molecule has 1 aliphatic heterocycles. The van der Waals surface area contributed by atoms with E-state index in [1.165, 1.54) is 23.5 Å². The van der Waals surface area contributed by atoms with E-state index in [0.29, 0.717) is 30.9 Å². The maximum Gasteiger partial charge on any atom is 0.260 e. The third-order valence-corrected chi connectivity index (χ3v) is 8.94. The molecule has 1 aromatic carbocycles. The molecule has 0 bridgehead atoms. The minimum Gasteiger partial charge on any atom is -0.374 e. The number of rotatable bonds is 7. The number of amides is 1. The monoisotopic (exact) mass is 477 g/mol. The lowest BCUT2D eigenvalue weighted by Gasteiger charge is -2.48. The molecular formula is C26H35F2N2O2S+. The fourth-order valence-electron chi connectivity index (χ4n) is 5.48. The molecule has 1 aliphatic carbocycles. The molecule has 2 aromatic rings.